The van der Waals surface area contributed by atoms with Gasteiger partial charge in [-0.3, -0.25) is 0 Å². The summed E-state index contributed by atoms with van der Waals surface area (Å²) in [7, 11) is 0. The van der Waals surface area contributed by atoms with Gasteiger partial charge >= 0.3 is 6.18 Å². The van der Waals surface area contributed by atoms with Crippen molar-refractivity contribution in [2.24, 2.45) is 0 Å². The lowest BCUT2D eigenvalue weighted by Gasteiger charge is -2.06. The Morgan fingerprint density at radius 2 is 1.94 bits per heavy atom. The van der Waals surface area contributed by atoms with Gasteiger partial charge in [0.1, 0.15) is 0 Å². The van der Waals surface area contributed by atoms with Crippen molar-refractivity contribution in [1.29, 1.82) is 0 Å². The van der Waals surface area contributed by atoms with Crippen LogP contribution < -0.4 is 0 Å². The highest BCUT2D eigenvalue weighted by molar-refractivity contribution is 5.26. The second-order valence-corrected chi connectivity index (χ2v) is 3.30. The smallest absolute Gasteiger partial charge is 0.237 e. The summed E-state index contributed by atoms with van der Waals surface area (Å²) in [4.78, 5) is 3.71. The number of alkyl halides is 3. The van der Waals surface area contributed by atoms with Crippen LogP contribution in [-0.2, 0) is 6.18 Å². The molecule has 0 amide bonds. The first-order chi connectivity index (χ1) is 7.47. The Kier molecular flexibility index (Phi) is 2.41. The molecule has 0 saturated heterocycles. The molecule has 0 spiro atoms. The van der Waals surface area contributed by atoms with Crippen LogP contribution >= 0.6 is 0 Å². The molecule has 6 heteroatoms. The largest absolute Gasteiger partial charge is 0.417 e. The van der Waals surface area contributed by atoms with Gasteiger partial charge < -0.3 is 0 Å². The number of hydrogen-bond donors (Lipinski definition) is 0. The summed E-state index contributed by atoms with van der Waals surface area (Å²) in [5, 5.41) is 4.05. The molecule has 0 atom stereocenters. The average molecular weight is 227 g/mol. The third kappa shape index (κ3) is 2.05. The first-order valence-corrected chi connectivity index (χ1v) is 4.53. The van der Waals surface area contributed by atoms with Gasteiger partial charge in [-0.2, -0.15) is 18.3 Å². The van der Waals surface area contributed by atoms with Crippen molar-refractivity contribution >= 4 is 0 Å². The summed E-state index contributed by atoms with van der Waals surface area (Å²) in [5.41, 5.74) is 0.0156. The maximum atomic E-state index is 12.3. The molecule has 2 heterocycles. The van der Waals surface area contributed by atoms with Crippen LogP contribution in [0.1, 0.15) is 11.3 Å². The Bertz CT molecular complexity index is 485. The van der Waals surface area contributed by atoms with Gasteiger partial charge in [0.15, 0.2) is 5.82 Å². The molecule has 2 aromatic rings. The normalized spacial score (nSPS) is 11.8. The van der Waals surface area contributed by atoms with E-state index in [0.717, 1.165) is 18.0 Å². The van der Waals surface area contributed by atoms with E-state index in [-0.39, 0.29) is 0 Å². The molecular formula is C10H8F3N3. The fourth-order valence-corrected chi connectivity index (χ4v) is 1.23. The summed E-state index contributed by atoms with van der Waals surface area (Å²) in [5.74, 6) is 0.362. The van der Waals surface area contributed by atoms with Crippen LogP contribution in [-0.4, -0.2) is 14.8 Å². The topological polar surface area (TPSA) is 30.7 Å². The van der Waals surface area contributed by atoms with Gasteiger partial charge in [0.2, 0.25) is 0 Å². The molecule has 0 aliphatic rings. The van der Waals surface area contributed by atoms with Crippen LogP contribution in [0.2, 0.25) is 0 Å². The minimum Gasteiger partial charge on any atom is -0.237 e. The zero-order valence-electron chi connectivity index (χ0n) is 8.36. The molecule has 2 rings (SSSR count). The minimum absolute atomic E-state index is 0.362. The number of hydrogen-bond acceptors (Lipinski definition) is 2. The van der Waals surface area contributed by atoms with Crippen molar-refractivity contribution in [2.45, 2.75) is 13.1 Å². The van der Waals surface area contributed by atoms with Crippen LogP contribution in [0.3, 0.4) is 0 Å². The van der Waals surface area contributed by atoms with E-state index in [4.69, 9.17) is 0 Å². The predicted molar refractivity (Wildman–Crippen MR) is 51.1 cm³/mol. The first kappa shape index (κ1) is 10.7. The number of pyridine rings is 1. The van der Waals surface area contributed by atoms with E-state index in [2.05, 4.69) is 10.1 Å². The highest BCUT2D eigenvalue weighted by Crippen LogP contribution is 2.28. The molecule has 0 unspecified atom stereocenters. The molecule has 3 nitrogen and oxygen atoms in total. The fraction of sp³-hybridized carbons (Fsp3) is 0.200. The van der Waals surface area contributed by atoms with Crippen LogP contribution in [0.25, 0.3) is 5.82 Å². The lowest BCUT2D eigenvalue weighted by molar-refractivity contribution is -0.137. The van der Waals surface area contributed by atoms with Gasteiger partial charge in [0.05, 0.1) is 11.3 Å². The van der Waals surface area contributed by atoms with E-state index in [1.807, 2.05) is 0 Å². The number of aryl methyl sites for hydroxylation is 1. The standard InChI is InChI=1S/C10H8F3N3/c1-7-4-5-16(15-7)9-3-2-8(6-14-9)10(11,12)13/h2-6H,1H3. The van der Waals surface area contributed by atoms with Crippen molar-refractivity contribution in [3.63, 3.8) is 0 Å². The Morgan fingerprint density at radius 1 is 1.19 bits per heavy atom. The molecule has 0 aromatic carbocycles. The number of rotatable bonds is 1. The zero-order valence-corrected chi connectivity index (χ0v) is 8.36. The highest BCUT2D eigenvalue weighted by atomic mass is 19.4. The van der Waals surface area contributed by atoms with Crippen molar-refractivity contribution < 1.29 is 13.2 Å². The SMILES string of the molecule is Cc1ccn(-c2ccc(C(F)(F)F)cn2)n1. The second-order valence-electron chi connectivity index (χ2n) is 3.30. The predicted octanol–water partition coefficient (Wildman–Crippen LogP) is 2.59. The second kappa shape index (κ2) is 3.62. The van der Waals surface area contributed by atoms with Crippen molar-refractivity contribution in [2.75, 3.05) is 0 Å². The number of aromatic nitrogens is 3. The molecule has 2 aromatic heterocycles. The van der Waals surface area contributed by atoms with Gasteiger partial charge in [0.25, 0.3) is 0 Å². The lowest BCUT2D eigenvalue weighted by atomic mass is 10.3. The highest BCUT2D eigenvalue weighted by Gasteiger charge is 2.30. The van der Waals surface area contributed by atoms with E-state index >= 15 is 0 Å². The average Bonchev–Trinajstić information content (AvgIpc) is 2.64. The molecular weight excluding hydrogens is 219 g/mol. The summed E-state index contributed by atoms with van der Waals surface area (Å²) in [6, 6.07) is 4.02. The third-order valence-electron chi connectivity index (χ3n) is 2.03. The summed E-state index contributed by atoms with van der Waals surface area (Å²) < 4.78 is 38.2. The van der Waals surface area contributed by atoms with Crippen LogP contribution in [0.4, 0.5) is 13.2 Å². The van der Waals surface area contributed by atoms with E-state index in [0.29, 0.717) is 5.82 Å². The Hall–Kier alpha value is -1.85. The van der Waals surface area contributed by atoms with Crippen LogP contribution in [0.15, 0.2) is 30.6 Å². The maximum absolute atomic E-state index is 12.3. The van der Waals surface area contributed by atoms with E-state index in [1.54, 1.807) is 19.2 Å². The van der Waals surface area contributed by atoms with Gasteiger partial charge in [0, 0.05) is 12.4 Å². The molecule has 0 radical (unpaired) electrons. The fourth-order valence-electron chi connectivity index (χ4n) is 1.23. The van der Waals surface area contributed by atoms with E-state index in [9.17, 15) is 13.2 Å². The minimum atomic E-state index is -4.36. The van der Waals surface area contributed by atoms with Crippen molar-refractivity contribution in [3.05, 3.63) is 41.9 Å². The van der Waals surface area contributed by atoms with E-state index < -0.39 is 11.7 Å². The molecule has 0 aliphatic carbocycles. The van der Waals surface area contributed by atoms with Crippen LogP contribution in [0, 0.1) is 6.92 Å². The number of halogens is 3. The lowest BCUT2D eigenvalue weighted by Crippen LogP contribution is -2.07. The van der Waals surface area contributed by atoms with Gasteiger partial charge in [-0.05, 0) is 25.1 Å². The molecule has 0 bridgehead atoms. The molecule has 84 valence electrons. The quantitative estimate of drug-likeness (QED) is 0.749. The number of nitrogens with zero attached hydrogens (tertiary/aromatic N) is 3. The first-order valence-electron chi connectivity index (χ1n) is 4.53. The van der Waals surface area contributed by atoms with Gasteiger partial charge in [-0.1, -0.05) is 0 Å². The van der Waals surface area contributed by atoms with Crippen molar-refractivity contribution in [1.82, 2.24) is 14.8 Å². The Balaban J connectivity index is 2.33. The van der Waals surface area contributed by atoms with Gasteiger partial charge in [-0.25, -0.2) is 9.67 Å². The Labute approximate surface area is 89.5 Å². The molecule has 0 saturated carbocycles. The van der Waals surface area contributed by atoms with Crippen LogP contribution in [0.5, 0.6) is 0 Å². The molecule has 0 aliphatic heterocycles. The van der Waals surface area contributed by atoms with Crippen molar-refractivity contribution in [3.8, 4) is 5.82 Å². The van der Waals surface area contributed by atoms with Gasteiger partial charge in [-0.15, -0.1) is 0 Å². The summed E-state index contributed by atoms with van der Waals surface area (Å²) in [6.45, 7) is 1.79. The molecule has 16 heavy (non-hydrogen) atoms. The van der Waals surface area contributed by atoms with E-state index in [1.165, 1.54) is 10.7 Å². The monoisotopic (exact) mass is 227 g/mol. The zero-order chi connectivity index (χ0) is 11.8. The maximum Gasteiger partial charge on any atom is 0.417 e. The summed E-state index contributed by atoms with van der Waals surface area (Å²) in [6.07, 6.45) is -1.91. The third-order valence-corrected chi connectivity index (χ3v) is 2.03. The summed E-state index contributed by atoms with van der Waals surface area (Å²) >= 11 is 0. The molecule has 0 N–H and O–H groups in total. The molecule has 0 fully saturated rings. The Morgan fingerprint density at radius 3 is 2.38 bits per heavy atom.